The zero-order valence-corrected chi connectivity index (χ0v) is 20.3. The number of furan rings is 1. The Morgan fingerprint density at radius 2 is 1.94 bits per heavy atom. The van der Waals surface area contributed by atoms with Crippen molar-refractivity contribution in [3.05, 3.63) is 94.4 Å². The Labute approximate surface area is 209 Å². The molecule has 35 heavy (non-hydrogen) atoms. The molecule has 2 aromatic carbocycles. The minimum Gasteiger partial charge on any atom is -0.467 e. The SMILES string of the molecule is Cc1ccccc1CO[C@]1(C(=O)NCc2ccco2)CC(OCc2cccc(Cl)c2)[C@H](O)[C@H](O)C1. The maximum Gasteiger partial charge on any atom is 0.252 e. The van der Waals surface area contributed by atoms with Crippen molar-refractivity contribution in [2.24, 2.45) is 0 Å². The molecule has 1 amide bonds. The molecule has 0 radical (unpaired) electrons. The summed E-state index contributed by atoms with van der Waals surface area (Å²) in [6.45, 7) is 2.48. The minimum atomic E-state index is -1.41. The number of aliphatic hydroxyl groups is 2. The van der Waals surface area contributed by atoms with Crippen molar-refractivity contribution in [1.29, 1.82) is 0 Å². The number of carbonyl (C=O) groups excluding carboxylic acids is 1. The van der Waals surface area contributed by atoms with Gasteiger partial charge < -0.3 is 29.4 Å². The van der Waals surface area contributed by atoms with E-state index in [-0.39, 0.29) is 32.6 Å². The van der Waals surface area contributed by atoms with Gasteiger partial charge in [-0.2, -0.15) is 0 Å². The smallest absolute Gasteiger partial charge is 0.252 e. The van der Waals surface area contributed by atoms with E-state index in [4.69, 9.17) is 25.5 Å². The van der Waals surface area contributed by atoms with Gasteiger partial charge in [0.25, 0.3) is 5.91 Å². The first-order valence-electron chi connectivity index (χ1n) is 11.6. The number of aryl methyl sites for hydroxylation is 1. The maximum absolute atomic E-state index is 13.5. The predicted octanol–water partition coefficient (Wildman–Crippen LogP) is 3.91. The predicted molar refractivity (Wildman–Crippen MR) is 131 cm³/mol. The summed E-state index contributed by atoms with van der Waals surface area (Å²) in [5.41, 5.74) is 1.37. The molecular weight excluding hydrogens is 470 g/mol. The van der Waals surface area contributed by atoms with Crippen LogP contribution < -0.4 is 5.32 Å². The van der Waals surface area contributed by atoms with Gasteiger partial charge in [-0.3, -0.25) is 4.79 Å². The number of aliphatic hydroxyl groups excluding tert-OH is 2. The molecule has 1 saturated carbocycles. The number of nitrogens with one attached hydrogen (secondary N) is 1. The number of hydrogen-bond acceptors (Lipinski definition) is 6. The van der Waals surface area contributed by atoms with E-state index < -0.39 is 29.8 Å². The molecule has 1 heterocycles. The van der Waals surface area contributed by atoms with E-state index >= 15 is 0 Å². The average molecular weight is 500 g/mol. The van der Waals surface area contributed by atoms with E-state index in [2.05, 4.69) is 5.32 Å². The molecule has 4 atom stereocenters. The van der Waals surface area contributed by atoms with Crippen molar-refractivity contribution >= 4 is 17.5 Å². The second-order valence-corrected chi connectivity index (χ2v) is 9.35. The van der Waals surface area contributed by atoms with Crippen molar-refractivity contribution in [2.45, 2.75) is 63.4 Å². The average Bonchev–Trinajstić information content (AvgIpc) is 3.37. The summed E-state index contributed by atoms with van der Waals surface area (Å²) in [7, 11) is 0. The van der Waals surface area contributed by atoms with Gasteiger partial charge in [0.15, 0.2) is 5.60 Å². The van der Waals surface area contributed by atoms with Gasteiger partial charge in [-0.05, 0) is 47.9 Å². The highest BCUT2D eigenvalue weighted by molar-refractivity contribution is 6.30. The van der Waals surface area contributed by atoms with Crippen LogP contribution in [-0.4, -0.2) is 40.0 Å². The van der Waals surface area contributed by atoms with Crippen LogP contribution in [0.4, 0.5) is 0 Å². The van der Waals surface area contributed by atoms with Gasteiger partial charge in [0.2, 0.25) is 0 Å². The first-order chi connectivity index (χ1) is 16.9. The zero-order chi connectivity index (χ0) is 24.8. The highest BCUT2D eigenvalue weighted by atomic mass is 35.5. The topological polar surface area (TPSA) is 101 Å². The van der Waals surface area contributed by atoms with Crippen LogP contribution in [-0.2, 0) is 34.0 Å². The van der Waals surface area contributed by atoms with Crippen LogP contribution in [0.1, 0.15) is 35.3 Å². The third-order valence-corrected chi connectivity index (χ3v) is 6.62. The fourth-order valence-electron chi connectivity index (χ4n) is 4.32. The lowest BCUT2D eigenvalue weighted by Gasteiger charge is -2.44. The zero-order valence-electron chi connectivity index (χ0n) is 19.5. The second kappa shape index (κ2) is 11.4. The van der Waals surface area contributed by atoms with Crippen LogP contribution in [0.2, 0.25) is 5.02 Å². The number of hydrogen-bond donors (Lipinski definition) is 3. The molecule has 0 saturated heterocycles. The van der Waals surface area contributed by atoms with Crippen LogP contribution in [0.15, 0.2) is 71.3 Å². The van der Waals surface area contributed by atoms with E-state index in [0.717, 1.165) is 16.7 Å². The normalized spacial score (nSPS) is 24.3. The van der Waals surface area contributed by atoms with Gasteiger partial charge in [0.1, 0.15) is 11.9 Å². The Bertz CT molecular complexity index is 1120. The Balaban J connectivity index is 1.54. The van der Waals surface area contributed by atoms with Crippen LogP contribution in [0.3, 0.4) is 0 Å². The Morgan fingerprint density at radius 1 is 1.11 bits per heavy atom. The van der Waals surface area contributed by atoms with Crippen LogP contribution in [0.25, 0.3) is 0 Å². The quantitative estimate of drug-likeness (QED) is 0.412. The molecule has 1 aliphatic carbocycles. The summed E-state index contributed by atoms with van der Waals surface area (Å²) in [6, 6.07) is 18.5. The number of benzene rings is 2. The van der Waals surface area contributed by atoms with Gasteiger partial charge in [-0.1, -0.05) is 48.0 Å². The fourth-order valence-corrected chi connectivity index (χ4v) is 4.53. The summed E-state index contributed by atoms with van der Waals surface area (Å²) in [4.78, 5) is 13.5. The molecule has 0 spiro atoms. The van der Waals surface area contributed by atoms with Gasteiger partial charge in [0.05, 0.1) is 38.2 Å². The van der Waals surface area contributed by atoms with E-state index in [9.17, 15) is 15.0 Å². The van der Waals surface area contributed by atoms with E-state index in [1.54, 1.807) is 24.3 Å². The Hall–Kier alpha value is -2.68. The Kier molecular flexibility index (Phi) is 8.26. The summed E-state index contributed by atoms with van der Waals surface area (Å²) >= 11 is 6.07. The van der Waals surface area contributed by atoms with Gasteiger partial charge in [-0.15, -0.1) is 0 Å². The number of carbonyl (C=O) groups is 1. The van der Waals surface area contributed by atoms with E-state index in [0.29, 0.717) is 10.8 Å². The molecule has 186 valence electrons. The highest BCUT2D eigenvalue weighted by Crippen LogP contribution is 2.36. The van der Waals surface area contributed by atoms with Crippen molar-refractivity contribution in [3.63, 3.8) is 0 Å². The summed E-state index contributed by atoms with van der Waals surface area (Å²) in [5.74, 6) is 0.197. The number of amides is 1. The molecule has 3 N–H and O–H groups in total. The molecule has 7 nitrogen and oxygen atoms in total. The first-order valence-corrected chi connectivity index (χ1v) is 12.0. The van der Waals surface area contributed by atoms with Crippen molar-refractivity contribution in [2.75, 3.05) is 0 Å². The van der Waals surface area contributed by atoms with Crippen LogP contribution >= 0.6 is 11.6 Å². The first kappa shape index (κ1) is 25.4. The van der Waals surface area contributed by atoms with E-state index in [1.165, 1.54) is 6.26 Å². The largest absolute Gasteiger partial charge is 0.467 e. The molecule has 1 fully saturated rings. The number of rotatable bonds is 9. The maximum atomic E-state index is 13.5. The third-order valence-electron chi connectivity index (χ3n) is 6.38. The van der Waals surface area contributed by atoms with Crippen molar-refractivity contribution in [3.8, 4) is 0 Å². The van der Waals surface area contributed by atoms with Crippen LogP contribution in [0, 0.1) is 6.92 Å². The summed E-state index contributed by atoms with van der Waals surface area (Å²) in [6.07, 6.45) is -1.67. The van der Waals surface area contributed by atoms with Gasteiger partial charge in [0, 0.05) is 17.9 Å². The molecule has 4 rings (SSSR count). The van der Waals surface area contributed by atoms with Gasteiger partial charge in [-0.25, -0.2) is 0 Å². The van der Waals surface area contributed by atoms with Crippen LogP contribution in [0.5, 0.6) is 0 Å². The summed E-state index contributed by atoms with van der Waals surface area (Å²) in [5, 5.41) is 24.9. The lowest BCUT2D eigenvalue weighted by Crippen LogP contribution is -2.60. The number of ether oxygens (including phenoxy) is 2. The standard InChI is InChI=1S/C27H30ClNO6/c1-18-6-2-3-8-20(18)17-35-27(26(32)29-15-22-10-5-11-33-22)13-23(30)25(31)24(14-27)34-16-19-7-4-9-21(28)12-19/h2-12,23-25,30-31H,13-17H2,1H3,(H,29,32)/t23-,24?,25-,27+/m1/s1. The molecule has 1 aromatic heterocycles. The molecule has 3 aromatic rings. The third kappa shape index (κ3) is 6.31. The summed E-state index contributed by atoms with van der Waals surface area (Å²) < 4.78 is 17.6. The Morgan fingerprint density at radius 3 is 2.69 bits per heavy atom. The van der Waals surface area contributed by atoms with Crippen molar-refractivity contribution in [1.82, 2.24) is 5.32 Å². The lowest BCUT2D eigenvalue weighted by atomic mass is 9.78. The molecule has 0 bridgehead atoms. The number of halogens is 1. The second-order valence-electron chi connectivity index (χ2n) is 8.92. The molecule has 1 aliphatic rings. The van der Waals surface area contributed by atoms with Gasteiger partial charge >= 0.3 is 0 Å². The van der Waals surface area contributed by atoms with Crippen molar-refractivity contribution < 1.29 is 28.9 Å². The highest BCUT2D eigenvalue weighted by Gasteiger charge is 2.51. The monoisotopic (exact) mass is 499 g/mol. The lowest BCUT2D eigenvalue weighted by molar-refractivity contribution is -0.200. The molecule has 1 unspecified atom stereocenters. The fraction of sp³-hybridized carbons (Fsp3) is 0.370. The van der Waals surface area contributed by atoms with E-state index in [1.807, 2.05) is 43.3 Å². The molecular formula is C27H30ClNO6. The molecule has 0 aliphatic heterocycles. The molecule has 8 heteroatoms. The minimum absolute atomic E-state index is 0.0684.